The topological polar surface area (TPSA) is 79.4 Å². The molecule has 28 heavy (non-hydrogen) atoms. The molecule has 1 unspecified atom stereocenters. The molecule has 1 aliphatic heterocycles. The largest absolute Gasteiger partial charge is 0.298 e. The zero-order valence-corrected chi connectivity index (χ0v) is 17.6. The first-order chi connectivity index (χ1) is 13.4. The predicted octanol–water partition coefficient (Wildman–Crippen LogP) is 3.69. The Labute approximate surface area is 170 Å². The number of fused-ring (bicyclic) bond motifs is 1. The van der Waals surface area contributed by atoms with Crippen molar-refractivity contribution < 1.29 is 13.2 Å². The Morgan fingerprint density at radius 1 is 1.18 bits per heavy atom. The fraction of sp³-hybridized carbons (Fsp3) is 0.500. The molecular weight excluding hydrogens is 394 g/mol. The number of aromatic nitrogens is 1. The van der Waals surface area contributed by atoms with Crippen LogP contribution in [0.5, 0.6) is 0 Å². The molecule has 1 saturated heterocycles. The molecule has 4 rings (SSSR count). The highest BCUT2D eigenvalue weighted by Crippen LogP contribution is 2.30. The van der Waals surface area contributed by atoms with E-state index in [0.717, 1.165) is 37.8 Å². The number of nitrogens with one attached hydrogen (secondary N) is 1. The number of carbonyl (C=O) groups is 1. The van der Waals surface area contributed by atoms with E-state index >= 15 is 0 Å². The maximum Gasteiger partial charge on any atom is 0.257 e. The molecule has 0 radical (unpaired) electrons. The van der Waals surface area contributed by atoms with E-state index in [-0.39, 0.29) is 10.8 Å². The summed E-state index contributed by atoms with van der Waals surface area (Å²) in [6.07, 6.45) is 6.28. The number of piperidine rings is 1. The van der Waals surface area contributed by atoms with E-state index in [9.17, 15) is 13.2 Å². The van der Waals surface area contributed by atoms with Gasteiger partial charge in [0.25, 0.3) is 5.91 Å². The summed E-state index contributed by atoms with van der Waals surface area (Å²) in [5.41, 5.74) is 1.53. The quantitative estimate of drug-likeness (QED) is 0.820. The van der Waals surface area contributed by atoms with Crippen LogP contribution in [0.2, 0.25) is 0 Å². The van der Waals surface area contributed by atoms with Gasteiger partial charge in [-0.3, -0.25) is 10.1 Å². The van der Waals surface area contributed by atoms with E-state index in [2.05, 4.69) is 17.2 Å². The van der Waals surface area contributed by atoms with Crippen molar-refractivity contribution in [1.82, 2.24) is 9.29 Å². The molecule has 1 N–H and O–H groups in total. The van der Waals surface area contributed by atoms with Crippen molar-refractivity contribution in [2.75, 3.05) is 18.4 Å². The second kappa shape index (κ2) is 7.93. The highest BCUT2D eigenvalue weighted by atomic mass is 32.2. The van der Waals surface area contributed by atoms with Gasteiger partial charge in [-0.1, -0.05) is 6.92 Å². The van der Waals surface area contributed by atoms with Crippen LogP contribution in [0.3, 0.4) is 0 Å². The number of carbonyl (C=O) groups excluding carboxylic acids is 1. The Hall–Kier alpha value is -1.77. The lowest BCUT2D eigenvalue weighted by atomic mass is 10.0. The monoisotopic (exact) mass is 419 g/mol. The minimum absolute atomic E-state index is 0.239. The second-order valence-electron chi connectivity index (χ2n) is 7.68. The van der Waals surface area contributed by atoms with Crippen LogP contribution in [0.4, 0.5) is 5.13 Å². The molecule has 8 heteroatoms. The SMILES string of the molecule is CC1CCCN(S(=O)(=O)c2ccc(C(=O)Nc3nc4c(s3)CCCC4)cc2)C1. The molecule has 1 atom stereocenters. The maximum atomic E-state index is 12.8. The van der Waals surface area contributed by atoms with Crippen LogP contribution in [0.15, 0.2) is 29.2 Å². The first-order valence-electron chi connectivity index (χ1n) is 9.83. The van der Waals surface area contributed by atoms with Gasteiger partial charge in [-0.15, -0.1) is 11.3 Å². The number of hydrogen-bond acceptors (Lipinski definition) is 5. The van der Waals surface area contributed by atoms with Gasteiger partial charge in [0.2, 0.25) is 10.0 Å². The third-order valence-corrected chi connectivity index (χ3v) is 8.39. The summed E-state index contributed by atoms with van der Waals surface area (Å²) in [6, 6.07) is 6.19. The first-order valence-corrected chi connectivity index (χ1v) is 12.1. The van der Waals surface area contributed by atoms with Crippen LogP contribution in [0.1, 0.15) is 53.5 Å². The van der Waals surface area contributed by atoms with Crippen LogP contribution >= 0.6 is 11.3 Å². The van der Waals surface area contributed by atoms with E-state index in [1.54, 1.807) is 16.4 Å². The third kappa shape index (κ3) is 3.99. The summed E-state index contributed by atoms with van der Waals surface area (Å²) < 4.78 is 27.2. The molecule has 1 aromatic heterocycles. The van der Waals surface area contributed by atoms with Crippen molar-refractivity contribution in [2.24, 2.45) is 5.92 Å². The molecule has 1 aliphatic carbocycles. The summed E-state index contributed by atoms with van der Waals surface area (Å²) >= 11 is 1.54. The molecular formula is C20H25N3O3S2. The number of anilines is 1. The van der Waals surface area contributed by atoms with Crippen LogP contribution < -0.4 is 5.32 Å². The summed E-state index contributed by atoms with van der Waals surface area (Å²) in [7, 11) is -3.51. The van der Waals surface area contributed by atoms with Crippen molar-refractivity contribution >= 4 is 32.4 Å². The van der Waals surface area contributed by atoms with Crippen LogP contribution in [-0.4, -0.2) is 36.7 Å². The molecule has 2 aromatic rings. The number of rotatable bonds is 4. The first kappa shape index (κ1) is 19.5. The average Bonchev–Trinajstić information content (AvgIpc) is 3.10. The molecule has 1 fully saturated rings. The molecule has 1 amide bonds. The maximum absolute atomic E-state index is 12.8. The number of hydrogen-bond donors (Lipinski definition) is 1. The lowest BCUT2D eigenvalue weighted by molar-refractivity contribution is 0.102. The lowest BCUT2D eigenvalue weighted by Crippen LogP contribution is -2.39. The van der Waals surface area contributed by atoms with Gasteiger partial charge in [0.15, 0.2) is 5.13 Å². The average molecular weight is 420 g/mol. The van der Waals surface area contributed by atoms with Crippen molar-refractivity contribution in [3.63, 3.8) is 0 Å². The van der Waals surface area contributed by atoms with Gasteiger partial charge in [0.05, 0.1) is 10.6 Å². The molecule has 0 bridgehead atoms. The molecule has 2 heterocycles. The number of aryl methyl sites for hydroxylation is 2. The van der Waals surface area contributed by atoms with E-state index in [0.29, 0.717) is 29.7 Å². The Morgan fingerprint density at radius 2 is 1.93 bits per heavy atom. The Bertz CT molecular complexity index is 944. The minimum Gasteiger partial charge on any atom is -0.298 e. The van der Waals surface area contributed by atoms with Gasteiger partial charge in [0.1, 0.15) is 0 Å². The smallest absolute Gasteiger partial charge is 0.257 e. The summed E-state index contributed by atoms with van der Waals surface area (Å²) in [5, 5.41) is 3.47. The minimum atomic E-state index is -3.51. The van der Waals surface area contributed by atoms with E-state index in [4.69, 9.17) is 0 Å². The Balaban J connectivity index is 1.46. The Kier molecular flexibility index (Phi) is 5.53. The molecule has 1 aromatic carbocycles. The normalized spacial score (nSPS) is 20.5. The third-order valence-electron chi connectivity index (χ3n) is 5.44. The number of nitrogens with zero attached hydrogens (tertiary/aromatic N) is 2. The number of amides is 1. The zero-order chi connectivity index (χ0) is 19.7. The fourth-order valence-electron chi connectivity index (χ4n) is 3.87. The summed E-state index contributed by atoms with van der Waals surface area (Å²) in [4.78, 5) is 18.6. The van der Waals surface area contributed by atoms with Gasteiger partial charge in [0, 0.05) is 23.5 Å². The fourth-order valence-corrected chi connectivity index (χ4v) is 6.51. The molecule has 150 valence electrons. The summed E-state index contributed by atoms with van der Waals surface area (Å²) in [6.45, 7) is 3.19. The van der Waals surface area contributed by atoms with Crippen LogP contribution in [0.25, 0.3) is 0 Å². The molecule has 6 nitrogen and oxygen atoms in total. The highest BCUT2D eigenvalue weighted by Gasteiger charge is 2.28. The molecule has 2 aliphatic rings. The van der Waals surface area contributed by atoms with E-state index in [1.165, 1.54) is 34.8 Å². The van der Waals surface area contributed by atoms with Crippen LogP contribution in [-0.2, 0) is 22.9 Å². The van der Waals surface area contributed by atoms with E-state index < -0.39 is 10.0 Å². The van der Waals surface area contributed by atoms with Gasteiger partial charge < -0.3 is 0 Å². The number of benzene rings is 1. The number of thiazole rings is 1. The van der Waals surface area contributed by atoms with Gasteiger partial charge >= 0.3 is 0 Å². The lowest BCUT2D eigenvalue weighted by Gasteiger charge is -2.30. The molecule has 0 saturated carbocycles. The summed E-state index contributed by atoms with van der Waals surface area (Å²) in [5.74, 6) is 0.110. The van der Waals surface area contributed by atoms with Crippen LogP contribution in [0, 0.1) is 5.92 Å². The predicted molar refractivity (Wildman–Crippen MR) is 110 cm³/mol. The van der Waals surface area contributed by atoms with Crippen molar-refractivity contribution in [3.05, 3.63) is 40.4 Å². The van der Waals surface area contributed by atoms with Crippen molar-refractivity contribution in [1.29, 1.82) is 0 Å². The van der Waals surface area contributed by atoms with Gasteiger partial charge in [-0.25, -0.2) is 13.4 Å². The standard InChI is InChI=1S/C20H25N3O3S2/c1-14-5-4-12-23(13-14)28(25,26)16-10-8-15(9-11-16)19(24)22-20-21-17-6-2-3-7-18(17)27-20/h8-11,14H,2-7,12-13H2,1H3,(H,21,22,24). The van der Waals surface area contributed by atoms with Gasteiger partial charge in [-0.2, -0.15) is 4.31 Å². The van der Waals surface area contributed by atoms with Gasteiger partial charge in [-0.05, 0) is 68.7 Å². The molecule has 0 spiro atoms. The Morgan fingerprint density at radius 3 is 2.64 bits per heavy atom. The second-order valence-corrected chi connectivity index (χ2v) is 10.7. The number of sulfonamides is 1. The van der Waals surface area contributed by atoms with E-state index in [1.807, 2.05) is 0 Å². The van der Waals surface area contributed by atoms with Crippen molar-refractivity contribution in [3.8, 4) is 0 Å². The van der Waals surface area contributed by atoms with Crippen molar-refractivity contribution in [2.45, 2.75) is 50.3 Å². The highest BCUT2D eigenvalue weighted by molar-refractivity contribution is 7.89. The zero-order valence-electron chi connectivity index (χ0n) is 16.0.